The molecule has 0 radical (unpaired) electrons. The normalized spacial score (nSPS) is 11.2. The number of aliphatic hydroxyl groups is 2. The fraction of sp³-hybridized carbons (Fsp3) is 0.647. The van der Waals surface area contributed by atoms with Crippen LogP contribution in [0.4, 0.5) is 0 Å². The zero-order valence-corrected chi connectivity index (χ0v) is 12.3. The SMILES string of the molecule is OCC(CO)CCCCCCCCc1ccccc1O. The molecule has 0 aliphatic rings. The van der Waals surface area contributed by atoms with E-state index in [0.717, 1.165) is 31.2 Å². The maximum Gasteiger partial charge on any atom is 0.118 e. The van der Waals surface area contributed by atoms with Crippen molar-refractivity contribution < 1.29 is 15.3 Å². The van der Waals surface area contributed by atoms with Gasteiger partial charge >= 0.3 is 0 Å². The Morgan fingerprint density at radius 2 is 1.40 bits per heavy atom. The Bertz CT molecular complexity index is 348. The maximum atomic E-state index is 9.64. The summed E-state index contributed by atoms with van der Waals surface area (Å²) in [5.41, 5.74) is 1.04. The summed E-state index contributed by atoms with van der Waals surface area (Å²) in [7, 11) is 0. The molecular formula is C17H28O3. The smallest absolute Gasteiger partial charge is 0.118 e. The molecule has 1 aromatic rings. The number of benzene rings is 1. The van der Waals surface area contributed by atoms with Crippen molar-refractivity contribution in [1.82, 2.24) is 0 Å². The first-order chi connectivity index (χ1) is 9.77. The van der Waals surface area contributed by atoms with E-state index >= 15 is 0 Å². The Morgan fingerprint density at radius 3 is 2.05 bits per heavy atom. The molecule has 0 unspecified atom stereocenters. The van der Waals surface area contributed by atoms with Crippen molar-refractivity contribution in [3.8, 4) is 5.75 Å². The highest BCUT2D eigenvalue weighted by Gasteiger charge is 2.04. The summed E-state index contributed by atoms with van der Waals surface area (Å²) in [6, 6.07) is 7.55. The molecule has 0 aromatic heterocycles. The number of hydrogen-bond acceptors (Lipinski definition) is 3. The van der Waals surface area contributed by atoms with Crippen LogP contribution in [0.3, 0.4) is 0 Å². The van der Waals surface area contributed by atoms with Crippen molar-refractivity contribution in [3.63, 3.8) is 0 Å². The second kappa shape index (κ2) is 10.7. The van der Waals surface area contributed by atoms with Gasteiger partial charge in [0.05, 0.1) is 0 Å². The highest BCUT2D eigenvalue weighted by atomic mass is 16.3. The van der Waals surface area contributed by atoms with E-state index in [1.165, 1.54) is 25.7 Å². The minimum absolute atomic E-state index is 0.0658. The predicted octanol–water partition coefficient (Wildman–Crippen LogP) is 3.27. The van der Waals surface area contributed by atoms with Crippen molar-refractivity contribution in [2.45, 2.75) is 51.4 Å². The molecule has 0 aliphatic carbocycles. The first kappa shape index (κ1) is 17.0. The van der Waals surface area contributed by atoms with Crippen LogP contribution in [0, 0.1) is 5.92 Å². The van der Waals surface area contributed by atoms with Crippen LogP contribution in [0.1, 0.15) is 50.5 Å². The number of rotatable bonds is 11. The standard InChI is InChI=1S/C17H28O3/c18-13-15(14-19)9-5-3-1-2-4-6-10-16-11-7-8-12-17(16)20/h7-8,11-12,15,18-20H,1-6,9-10,13-14H2. The lowest BCUT2D eigenvalue weighted by Gasteiger charge is -2.09. The van der Waals surface area contributed by atoms with Gasteiger partial charge in [-0.2, -0.15) is 0 Å². The van der Waals surface area contributed by atoms with E-state index in [1.54, 1.807) is 6.07 Å². The van der Waals surface area contributed by atoms with E-state index in [1.807, 2.05) is 18.2 Å². The fourth-order valence-corrected chi connectivity index (χ4v) is 2.42. The van der Waals surface area contributed by atoms with Crippen LogP contribution < -0.4 is 0 Å². The summed E-state index contributed by atoms with van der Waals surface area (Å²) in [5, 5.41) is 27.5. The molecule has 0 heterocycles. The van der Waals surface area contributed by atoms with Crippen LogP contribution in [0.5, 0.6) is 5.75 Å². The Labute approximate surface area is 122 Å². The molecule has 1 aromatic carbocycles. The third-order valence-electron chi connectivity index (χ3n) is 3.82. The van der Waals surface area contributed by atoms with Gasteiger partial charge in [-0.25, -0.2) is 0 Å². The molecule has 0 aliphatic heterocycles. The summed E-state index contributed by atoms with van der Waals surface area (Å²) in [6.07, 6.45) is 8.87. The lowest BCUT2D eigenvalue weighted by Crippen LogP contribution is -2.10. The Balaban J connectivity index is 1.96. The summed E-state index contributed by atoms with van der Waals surface area (Å²) in [4.78, 5) is 0. The number of unbranched alkanes of at least 4 members (excludes halogenated alkanes) is 5. The van der Waals surface area contributed by atoms with Crippen LogP contribution in [0.15, 0.2) is 24.3 Å². The second-order valence-electron chi connectivity index (χ2n) is 5.52. The van der Waals surface area contributed by atoms with Gasteiger partial charge in [0, 0.05) is 19.1 Å². The summed E-state index contributed by atoms with van der Waals surface area (Å²) >= 11 is 0. The number of phenolic OH excluding ortho intramolecular Hbond substituents is 1. The van der Waals surface area contributed by atoms with Crippen LogP contribution in [-0.2, 0) is 6.42 Å². The first-order valence-electron chi connectivity index (χ1n) is 7.76. The van der Waals surface area contributed by atoms with E-state index in [9.17, 15) is 5.11 Å². The molecule has 0 bridgehead atoms. The second-order valence-corrected chi connectivity index (χ2v) is 5.52. The lowest BCUT2D eigenvalue weighted by atomic mass is 10.0. The van der Waals surface area contributed by atoms with E-state index < -0.39 is 0 Å². The molecule has 1 rings (SSSR count). The maximum absolute atomic E-state index is 9.64. The molecular weight excluding hydrogens is 252 g/mol. The summed E-state index contributed by atoms with van der Waals surface area (Å²) in [6.45, 7) is 0.189. The number of phenols is 1. The molecule has 3 N–H and O–H groups in total. The largest absolute Gasteiger partial charge is 0.508 e. The molecule has 3 nitrogen and oxygen atoms in total. The third-order valence-corrected chi connectivity index (χ3v) is 3.82. The van der Waals surface area contributed by atoms with E-state index in [4.69, 9.17) is 10.2 Å². The lowest BCUT2D eigenvalue weighted by molar-refractivity contribution is 0.141. The van der Waals surface area contributed by atoms with Gasteiger partial charge in [-0.3, -0.25) is 0 Å². The van der Waals surface area contributed by atoms with Crippen molar-refractivity contribution in [2.24, 2.45) is 5.92 Å². The van der Waals surface area contributed by atoms with Gasteiger partial charge < -0.3 is 15.3 Å². The van der Waals surface area contributed by atoms with Gasteiger partial charge in [-0.15, -0.1) is 0 Å². The molecule has 0 spiro atoms. The topological polar surface area (TPSA) is 60.7 Å². The Kier molecular flexibility index (Phi) is 9.09. The van der Waals surface area contributed by atoms with Crippen molar-refractivity contribution in [3.05, 3.63) is 29.8 Å². The first-order valence-corrected chi connectivity index (χ1v) is 7.76. The summed E-state index contributed by atoms with van der Waals surface area (Å²) in [5.74, 6) is 0.475. The zero-order chi connectivity index (χ0) is 14.6. The predicted molar refractivity (Wildman–Crippen MR) is 81.8 cm³/mol. The number of aromatic hydroxyl groups is 1. The average Bonchev–Trinajstić information content (AvgIpc) is 2.47. The Hall–Kier alpha value is -1.06. The fourth-order valence-electron chi connectivity index (χ4n) is 2.42. The molecule has 3 heteroatoms. The van der Waals surface area contributed by atoms with Crippen LogP contribution in [0.25, 0.3) is 0 Å². The molecule has 20 heavy (non-hydrogen) atoms. The van der Waals surface area contributed by atoms with Crippen molar-refractivity contribution in [2.75, 3.05) is 13.2 Å². The van der Waals surface area contributed by atoms with Gasteiger partial charge in [0.2, 0.25) is 0 Å². The number of hydrogen-bond donors (Lipinski definition) is 3. The van der Waals surface area contributed by atoms with Crippen LogP contribution >= 0.6 is 0 Å². The molecule has 0 fully saturated rings. The number of aryl methyl sites for hydroxylation is 1. The van der Waals surface area contributed by atoms with E-state index in [2.05, 4.69) is 0 Å². The van der Waals surface area contributed by atoms with Gasteiger partial charge in [-0.05, 0) is 30.9 Å². The van der Waals surface area contributed by atoms with Crippen LogP contribution in [0.2, 0.25) is 0 Å². The molecule has 0 atom stereocenters. The summed E-state index contributed by atoms with van der Waals surface area (Å²) < 4.78 is 0. The van der Waals surface area contributed by atoms with Crippen LogP contribution in [-0.4, -0.2) is 28.5 Å². The highest BCUT2D eigenvalue weighted by Crippen LogP contribution is 2.19. The highest BCUT2D eigenvalue weighted by molar-refractivity contribution is 5.31. The van der Waals surface area contributed by atoms with E-state index in [0.29, 0.717) is 5.75 Å². The molecule has 0 saturated carbocycles. The third kappa shape index (κ3) is 6.92. The van der Waals surface area contributed by atoms with Gasteiger partial charge in [-0.1, -0.05) is 50.3 Å². The number of para-hydroxylation sites is 1. The van der Waals surface area contributed by atoms with Gasteiger partial charge in [0.1, 0.15) is 5.75 Å². The minimum atomic E-state index is 0.0658. The van der Waals surface area contributed by atoms with Crippen molar-refractivity contribution in [1.29, 1.82) is 0 Å². The number of aliphatic hydroxyl groups excluding tert-OH is 2. The average molecular weight is 280 g/mol. The monoisotopic (exact) mass is 280 g/mol. The molecule has 0 amide bonds. The quantitative estimate of drug-likeness (QED) is 0.545. The zero-order valence-electron chi connectivity index (χ0n) is 12.3. The minimum Gasteiger partial charge on any atom is -0.508 e. The molecule has 0 saturated heterocycles. The van der Waals surface area contributed by atoms with Gasteiger partial charge in [0.15, 0.2) is 0 Å². The Morgan fingerprint density at radius 1 is 0.800 bits per heavy atom. The van der Waals surface area contributed by atoms with Gasteiger partial charge in [0.25, 0.3) is 0 Å². The van der Waals surface area contributed by atoms with E-state index in [-0.39, 0.29) is 19.1 Å². The molecule has 114 valence electrons. The van der Waals surface area contributed by atoms with Crippen molar-refractivity contribution >= 4 is 0 Å².